The predicted molar refractivity (Wildman–Crippen MR) is 212 cm³/mol. The first kappa shape index (κ1) is 44.1. The van der Waals surface area contributed by atoms with Crippen LogP contribution >= 0.6 is 0 Å². The molecule has 0 radical (unpaired) electrons. The lowest BCUT2D eigenvalue weighted by atomic mass is 9.44. The van der Waals surface area contributed by atoms with Crippen molar-refractivity contribution >= 4 is 0 Å². The molecule has 0 heterocycles. The van der Waals surface area contributed by atoms with E-state index in [-0.39, 0.29) is 16.9 Å². The maximum atomic E-state index is 7.08. The molecule has 0 spiro atoms. The highest BCUT2D eigenvalue weighted by molar-refractivity contribution is 5.14. The Morgan fingerprint density at radius 1 is 0.720 bits per heavy atom. The average molecular weight is 707 g/mol. The second kappa shape index (κ2) is 23.5. The van der Waals surface area contributed by atoms with Gasteiger partial charge in [0.25, 0.3) is 0 Å². The lowest BCUT2D eigenvalue weighted by molar-refractivity contribution is -0.219. The number of rotatable bonds is 28. The molecule has 7 heteroatoms. The molecule has 3 fully saturated rings. The molecule has 0 aromatic heterocycles. The minimum absolute atomic E-state index is 0.167. The van der Waals surface area contributed by atoms with E-state index in [1.54, 1.807) is 0 Å². The molecule has 296 valence electrons. The van der Waals surface area contributed by atoms with Gasteiger partial charge in [0.2, 0.25) is 0 Å². The maximum Gasteiger partial charge on any atom is 0.0637 e. The van der Waals surface area contributed by atoms with E-state index in [1.807, 2.05) is 0 Å². The molecule has 0 aromatic rings. The van der Waals surface area contributed by atoms with Crippen LogP contribution < -0.4 is 17.2 Å². The molecule has 3 aliphatic rings. The first-order chi connectivity index (χ1) is 24.2. The van der Waals surface area contributed by atoms with Crippen molar-refractivity contribution < 1.29 is 14.2 Å². The number of hydrogen-bond donors (Lipinski definition) is 3. The Kier molecular flexibility index (Phi) is 20.7. The number of hydrogen-bond acceptors (Lipinski definition) is 7. The van der Waals surface area contributed by atoms with Crippen molar-refractivity contribution in [3.8, 4) is 0 Å². The summed E-state index contributed by atoms with van der Waals surface area (Å²) in [5.41, 5.74) is 18.2. The summed E-state index contributed by atoms with van der Waals surface area (Å²) in [6, 6.07) is 0. The van der Waals surface area contributed by atoms with Crippen molar-refractivity contribution in [1.82, 2.24) is 4.90 Å². The van der Waals surface area contributed by atoms with Crippen LogP contribution in [0.15, 0.2) is 0 Å². The monoisotopic (exact) mass is 707 g/mol. The summed E-state index contributed by atoms with van der Waals surface area (Å²) in [5, 5.41) is 0. The Morgan fingerprint density at radius 3 is 2.08 bits per heavy atom. The van der Waals surface area contributed by atoms with Crippen LogP contribution in [-0.2, 0) is 14.2 Å². The summed E-state index contributed by atoms with van der Waals surface area (Å²) in [6.07, 6.45) is 22.8. The highest BCUT2D eigenvalue weighted by Crippen LogP contribution is 2.68. The highest BCUT2D eigenvalue weighted by atomic mass is 16.5. The van der Waals surface area contributed by atoms with Crippen molar-refractivity contribution in [1.29, 1.82) is 0 Å². The summed E-state index contributed by atoms with van der Waals surface area (Å²) in [5.74, 6) is 3.79. The van der Waals surface area contributed by atoms with Crippen LogP contribution in [0.4, 0.5) is 0 Å². The second-order valence-electron chi connectivity index (χ2n) is 17.6. The zero-order valence-electron chi connectivity index (χ0n) is 34.1. The van der Waals surface area contributed by atoms with Crippen LogP contribution in [0, 0.1) is 46.3 Å². The third-order valence-electron chi connectivity index (χ3n) is 14.2. The normalized spacial score (nSPS) is 33.1. The fraction of sp³-hybridized carbons (Fsp3) is 1.00. The topological polar surface area (TPSA) is 109 Å². The molecule has 3 rings (SSSR count). The van der Waals surface area contributed by atoms with Gasteiger partial charge in [0.05, 0.1) is 12.2 Å². The Morgan fingerprint density at radius 2 is 1.38 bits per heavy atom. The summed E-state index contributed by atoms with van der Waals surface area (Å²) in [6.45, 7) is 20.3. The third-order valence-corrected chi connectivity index (χ3v) is 14.2. The fourth-order valence-corrected chi connectivity index (χ4v) is 11.5. The third kappa shape index (κ3) is 11.9. The molecule has 0 saturated heterocycles. The average Bonchev–Trinajstić information content (AvgIpc) is 3.46. The number of nitrogens with two attached hydrogens (primary N) is 3. The molecule has 0 aliphatic heterocycles. The van der Waals surface area contributed by atoms with E-state index >= 15 is 0 Å². The Labute approximate surface area is 310 Å². The van der Waals surface area contributed by atoms with Gasteiger partial charge in [0, 0.05) is 31.8 Å². The molecule has 0 amide bonds. The van der Waals surface area contributed by atoms with Crippen LogP contribution in [0.1, 0.15) is 150 Å². The van der Waals surface area contributed by atoms with E-state index in [9.17, 15) is 0 Å². The van der Waals surface area contributed by atoms with Gasteiger partial charge < -0.3 is 36.3 Å². The van der Waals surface area contributed by atoms with E-state index in [2.05, 4.69) is 46.6 Å². The quantitative estimate of drug-likeness (QED) is 0.0701. The number of ether oxygens (including phenoxy) is 3. The van der Waals surface area contributed by atoms with Gasteiger partial charge in [-0.3, -0.25) is 0 Å². The second-order valence-corrected chi connectivity index (χ2v) is 17.6. The van der Waals surface area contributed by atoms with Gasteiger partial charge in [-0.05, 0) is 158 Å². The van der Waals surface area contributed by atoms with Crippen LogP contribution in [0.3, 0.4) is 0 Å². The van der Waals surface area contributed by atoms with Crippen molar-refractivity contribution in [2.24, 2.45) is 63.5 Å². The summed E-state index contributed by atoms with van der Waals surface area (Å²) in [4.78, 5) is 2.59. The fourth-order valence-electron chi connectivity index (χ4n) is 11.5. The molecule has 50 heavy (non-hydrogen) atoms. The van der Waals surface area contributed by atoms with E-state index in [4.69, 9.17) is 31.4 Å². The summed E-state index contributed by atoms with van der Waals surface area (Å²) in [7, 11) is 2.34. The highest BCUT2D eigenvalue weighted by Gasteiger charge is 2.65. The van der Waals surface area contributed by atoms with E-state index in [0.29, 0.717) is 61.2 Å². The number of nitrogens with zero attached hydrogens (tertiary/aromatic N) is 1. The molecule has 6 N–H and O–H groups in total. The maximum absolute atomic E-state index is 7.08. The number of fused-ring (bicyclic) bond motifs is 3. The largest absolute Gasteiger partial charge is 0.381 e. The minimum Gasteiger partial charge on any atom is -0.381 e. The van der Waals surface area contributed by atoms with E-state index < -0.39 is 0 Å². The van der Waals surface area contributed by atoms with Crippen LogP contribution in [0.25, 0.3) is 0 Å². The van der Waals surface area contributed by atoms with Gasteiger partial charge in [-0.2, -0.15) is 0 Å². The van der Waals surface area contributed by atoms with Crippen molar-refractivity contribution in [2.45, 2.75) is 162 Å². The van der Waals surface area contributed by atoms with Gasteiger partial charge in [0.1, 0.15) is 0 Å². The first-order valence-electron chi connectivity index (χ1n) is 21.8. The molecular formula is C43H86N4O3. The molecule has 3 aliphatic carbocycles. The summed E-state index contributed by atoms with van der Waals surface area (Å²) >= 11 is 0. The van der Waals surface area contributed by atoms with Crippen LogP contribution in [0.2, 0.25) is 0 Å². The molecule has 10 atom stereocenters. The molecular weight excluding hydrogens is 620 g/mol. The molecule has 4 unspecified atom stereocenters. The molecule has 0 bridgehead atoms. The van der Waals surface area contributed by atoms with E-state index in [0.717, 1.165) is 65.0 Å². The lowest BCUT2D eigenvalue weighted by Crippen LogP contribution is -2.62. The van der Waals surface area contributed by atoms with Crippen LogP contribution in [-0.4, -0.2) is 83.3 Å². The smallest absolute Gasteiger partial charge is 0.0637 e. The van der Waals surface area contributed by atoms with Gasteiger partial charge in [-0.25, -0.2) is 0 Å². The van der Waals surface area contributed by atoms with Crippen LogP contribution in [0.5, 0.6) is 0 Å². The van der Waals surface area contributed by atoms with Crippen molar-refractivity contribution in [3.63, 3.8) is 0 Å². The Balaban J connectivity index is 1.80. The summed E-state index contributed by atoms with van der Waals surface area (Å²) < 4.78 is 20.2. The minimum atomic E-state index is 0.167. The first-order valence-corrected chi connectivity index (χ1v) is 21.8. The van der Waals surface area contributed by atoms with Gasteiger partial charge in [-0.1, -0.05) is 73.1 Å². The Bertz CT molecular complexity index is 879. The van der Waals surface area contributed by atoms with Gasteiger partial charge in [0.15, 0.2) is 0 Å². The van der Waals surface area contributed by atoms with Gasteiger partial charge in [-0.15, -0.1) is 0 Å². The lowest BCUT2D eigenvalue weighted by Gasteiger charge is -2.63. The Hall–Kier alpha value is -0.280. The molecule has 7 nitrogen and oxygen atoms in total. The predicted octanol–water partition coefficient (Wildman–Crippen LogP) is 8.41. The van der Waals surface area contributed by atoms with Crippen molar-refractivity contribution in [3.05, 3.63) is 0 Å². The zero-order valence-corrected chi connectivity index (χ0v) is 34.1. The van der Waals surface area contributed by atoms with Crippen molar-refractivity contribution in [2.75, 3.05) is 66.2 Å². The molecule has 3 saturated carbocycles. The zero-order chi connectivity index (χ0) is 36.4. The SMILES string of the molecule is CCCCCCCCN(C)CCCC(C)C1CC[C@H]2C3[C@H](OCCCN)CC(CCOCCCN)[C@](C)(CCC)[C@H]3C[C@H](OCCCN)[C@]12C. The standard InChI is InChI=1S/C43H86N4O3/c1-7-9-10-11-12-13-26-47(6)27-14-18-34(3)36-19-20-37-41-38(33-40(43(36,37)5)50-30-17-25-46)42(4,22-8-2)35(21-31-48-28-15-23-44)32-39(41)49-29-16-24-45/h34-41H,7-33,44-46H2,1-6H3/t34?,35?,36?,37-,38-,39+,40-,41?,42-,43+/m0/s1. The number of unbranched alkanes of at least 4 members (excludes halogenated alkanes) is 5. The van der Waals surface area contributed by atoms with E-state index in [1.165, 1.54) is 90.1 Å². The molecule has 0 aromatic carbocycles. The van der Waals surface area contributed by atoms with Gasteiger partial charge >= 0.3 is 0 Å².